The number of carbonyl (C=O) groups excluding carboxylic acids is 1. The summed E-state index contributed by atoms with van der Waals surface area (Å²) in [6, 6.07) is 5.39. The van der Waals surface area contributed by atoms with E-state index in [1.165, 1.54) is 30.3 Å². The van der Waals surface area contributed by atoms with Gasteiger partial charge in [0.15, 0.2) is 0 Å². The lowest BCUT2D eigenvalue weighted by molar-refractivity contribution is -0.298. The van der Waals surface area contributed by atoms with E-state index in [9.17, 15) is 14.3 Å². The number of carboxylic acid groups (broad SMARTS) is 1. The number of carboxylic acids is 1. The second kappa shape index (κ2) is 5.66. The first kappa shape index (κ1) is 13.3. The summed E-state index contributed by atoms with van der Waals surface area (Å²) in [7, 11) is 0. The molecule has 0 aliphatic rings. The van der Waals surface area contributed by atoms with Gasteiger partial charge in [0.25, 0.3) is 5.22 Å². The first-order valence-electron chi connectivity index (χ1n) is 5.21. The van der Waals surface area contributed by atoms with Crippen molar-refractivity contribution in [3.8, 4) is 0 Å². The second-order valence-corrected chi connectivity index (χ2v) is 4.53. The summed E-state index contributed by atoms with van der Waals surface area (Å²) in [6.07, 6.45) is 1.35. The molecule has 0 aliphatic heterocycles. The Hall–Kier alpha value is -2.15. The monoisotopic (exact) mass is 279 g/mol. The van der Waals surface area contributed by atoms with Gasteiger partial charge in [-0.25, -0.2) is 4.39 Å². The van der Waals surface area contributed by atoms with E-state index in [0.29, 0.717) is 11.5 Å². The molecule has 1 aromatic carbocycles. The summed E-state index contributed by atoms with van der Waals surface area (Å²) in [5.74, 6) is -1.43. The fourth-order valence-electron chi connectivity index (χ4n) is 1.25. The highest BCUT2D eigenvalue weighted by Gasteiger charge is 2.08. The fourth-order valence-corrected chi connectivity index (χ4v) is 1.96. The van der Waals surface area contributed by atoms with Gasteiger partial charge in [-0.3, -0.25) is 0 Å². The molecular formula is C12H8FN2O3S-. The van der Waals surface area contributed by atoms with Crippen molar-refractivity contribution in [3.63, 3.8) is 0 Å². The van der Waals surface area contributed by atoms with Crippen molar-refractivity contribution >= 4 is 23.8 Å². The number of halogens is 1. The maximum absolute atomic E-state index is 12.7. The summed E-state index contributed by atoms with van der Waals surface area (Å²) in [4.78, 5) is 10.9. The van der Waals surface area contributed by atoms with E-state index in [0.717, 1.165) is 11.8 Å². The third-order valence-corrected chi connectivity index (χ3v) is 2.92. The highest BCUT2D eigenvalue weighted by atomic mass is 32.2. The normalized spacial score (nSPS) is 11.6. The minimum Gasteiger partial charge on any atom is -0.544 e. The van der Waals surface area contributed by atoms with Crippen molar-refractivity contribution in [2.45, 2.75) is 12.1 Å². The largest absolute Gasteiger partial charge is 0.544 e. The molecule has 0 N–H and O–H groups in total. The van der Waals surface area contributed by atoms with Gasteiger partial charge in [0.1, 0.15) is 5.82 Å². The summed E-state index contributed by atoms with van der Waals surface area (Å²) < 4.78 is 17.8. The number of hydrogen-bond acceptors (Lipinski definition) is 6. The van der Waals surface area contributed by atoms with Gasteiger partial charge in [-0.1, -0.05) is 12.1 Å². The molecule has 7 heteroatoms. The van der Waals surface area contributed by atoms with Gasteiger partial charge in [-0.15, -0.1) is 10.2 Å². The van der Waals surface area contributed by atoms with Crippen LogP contribution in [0.4, 0.5) is 4.39 Å². The Morgan fingerprint density at radius 2 is 2.05 bits per heavy atom. The van der Waals surface area contributed by atoms with E-state index in [1.54, 1.807) is 6.92 Å². The predicted molar refractivity (Wildman–Crippen MR) is 64.3 cm³/mol. The number of nitrogens with zero attached hydrogens (tertiary/aromatic N) is 2. The van der Waals surface area contributed by atoms with Crippen LogP contribution in [0.1, 0.15) is 11.5 Å². The Morgan fingerprint density at radius 3 is 2.58 bits per heavy atom. The number of rotatable bonds is 4. The highest BCUT2D eigenvalue weighted by molar-refractivity contribution is 8.03. The number of benzene rings is 1. The molecule has 0 radical (unpaired) electrons. The summed E-state index contributed by atoms with van der Waals surface area (Å²) in [6.45, 7) is 1.60. The molecule has 0 saturated carbocycles. The predicted octanol–water partition coefficient (Wildman–Crippen LogP) is 1.40. The number of carbonyl (C=O) groups is 1. The molecule has 0 unspecified atom stereocenters. The molecule has 2 rings (SSSR count). The zero-order chi connectivity index (χ0) is 13.8. The van der Waals surface area contributed by atoms with Crippen LogP contribution in [-0.2, 0) is 4.79 Å². The Balaban J connectivity index is 2.24. The standard InChI is InChI=1S/C12H9FN2O3S/c1-7-14-15-12(18-7)19-10(11(16)17)6-8-2-4-9(13)5-3-8/h2-6H,1H3,(H,16,17)/p-1/b10-6-. The van der Waals surface area contributed by atoms with Crippen LogP contribution in [0.25, 0.3) is 6.08 Å². The SMILES string of the molecule is Cc1nnc(S/C(=C\c2ccc(F)cc2)C(=O)[O-])o1. The average molecular weight is 279 g/mol. The first-order valence-corrected chi connectivity index (χ1v) is 6.03. The molecule has 2 aromatic rings. The molecule has 0 amide bonds. The second-order valence-electron chi connectivity index (χ2n) is 3.54. The van der Waals surface area contributed by atoms with E-state index in [-0.39, 0.29) is 10.1 Å². The van der Waals surface area contributed by atoms with Crippen molar-refractivity contribution in [1.82, 2.24) is 10.2 Å². The van der Waals surface area contributed by atoms with E-state index >= 15 is 0 Å². The lowest BCUT2D eigenvalue weighted by Gasteiger charge is -2.05. The fraction of sp³-hybridized carbons (Fsp3) is 0.0833. The van der Waals surface area contributed by atoms with Crippen molar-refractivity contribution in [2.24, 2.45) is 0 Å². The molecule has 1 aromatic heterocycles. The maximum atomic E-state index is 12.7. The van der Waals surface area contributed by atoms with Crippen LogP contribution in [0, 0.1) is 12.7 Å². The molecular weight excluding hydrogens is 271 g/mol. The molecule has 0 aliphatic carbocycles. The molecule has 19 heavy (non-hydrogen) atoms. The zero-order valence-corrected chi connectivity index (χ0v) is 10.6. The molecule has 0 bridgehead atoms. The van der Waals surface area contributed by atoms with Gasteiger partial charge >= 0.3 is 0 Å². The molecule has 0 spiro atoms. The maximum Gasteiger partial charge on any atom is 0.281 e. The quantitative estimate of drug-likeness (QED) is 0.621. The Bertz CT molecular complexity index is 622. The third-order valence-electron chi connectivity index (χ3n) is 2.07. The highest BCUT2D eigenvalue weighted by Crippen LogP contribution is 2.26. The van der Waals surface area contributed by atoms with Gasteiger partial charge in [0.05, 0.1) is 5.97 Å². The minimum absolute atomic E-state index is 0.102. The van der Waals surface area contributed by atoms with Crippen LogP contribution in [0.2, 0.25) is 0 Å². The smallest absolute Gasteiger partial charge is 0.281 e. The Morgan fingerprint density at radius 1 is 1.37 bits per heavy atom. The van der Waals surface area contributed by atoms with E-state index in [4.69, 9.17) is 4.42 Å². The van der Waals surface area contributed by atoms with Gasteiger partial charge in [-0.05, 0) is 35.5 Å². The molecule has 5 nitrogen and oxygen atoms in total. The van der Waals surface area contributed by atoms with Gasteiger partial charge in [0, 0.05) is 11.8 Å². The Labute approximate surface area is 112 Å². The van der Waals surface area contributed by atoms with Crippen LogP contribution < -0.4 is 5.11 Å². The van der Waals surface area contributed by atoms with Crippen LogP contribution in [-0.4, -0.2) is 16.2 Å². The summed E-state index contributed by atoms with van der Waals surface area (Å²) in [5.41, 5.74) is 0.532. The average Bonchev–Trinajstić information content (AvgIpc) is 2.76. The number of aliphatic carboxylic acids is 1. The van der Waals surface area contributed by atoms with Gasteiger partial charge in [-0.2, -0.15) is 0 Å². The van der Waals surface area contributed by atoms with Crippen molar-refractivity contribution < 1.29 is 18.7 Å². The van der Waals surface area contributed by atoms with Crippen molar-refractivity contribution in [2.75, 3.05) is 0 Å². The number of thioether (sulfide) groups is 1. The molecule has 0 saturated heterocycles. The van der Waals surface area contributed by atoms with Crippen LogP contribution in [0.3, 0.4) is 0 Å². The number of aryl methyl sites for hydroxylation is 1. The topological polar surface area (TPSA) is 79.0 Å². The van der Waals surface area contributed by atoms with E-state index < -0.39 is 11.8 Å². The van der Waals surface area contributed by atoms with Gasteiger partial charge < -0.3 is 14.3 Å². The molecule has 0 fully saturated rings. The molecule has 0 atom stereocenters. The van der Waals surface area contributed by atoms with E-state index in [2.05, 4.69) is 10.2 Å². The summed E-state index contributed by atoms with van der Waals surface area (Å²) >= 11 is 0.782. The number of aromatic nitrogens is 2. The third kappa shape index (κ3) is 3.65. The first-order chi connectivity index (χ1) is 9.04. The lowest BCUT2D eigenvalue weighted by Crippen LogP contribution is -2.23. The van der Waals surface area contributed by atoms with Crippen LogP contribution >= 0.6 is 11.8 Å². The Kier molecular flexibility index (Phi) is 3.96. The van der Waals surface area contributed by atoms with Crippen LogP contribution in [0.5, 0.6) is 0 Å². The molecule has 1 heterocycles. The van der Waals surface area contributed by atoms with E-state index in [1.807, 2.05) is 0 Å². The van der Waals surface area contributed by atoms with Crippen molar-refractivity contribution in [3.05, 3.63) is 46.4 Å². The lowest BCUT2D eigenvalue weighted by atomic mass is 10.2. The summed E-state index contributed by atoms with van der Waals surface area (Å²) in [5, 5.41) is 18.4. The van der Waals surface area contributed by atoms with Crippen molar-refractivity contribution in [1.29, 1.82) is 0 Å². The van der Waals surface area contributed by atoms with Crippen LogP contribution in [0.15, 0.2) is 38.8 Å². The van der Waals surface area contributed by atoms with Gasteiger partial charge in [0.2, 0.25) is 5.89 Å². The minimum atomic E-state index is -1.37. The number of hydrogen-bond donors (Lipinski definition) is 0. The zero-order valence-electron chi connectivity index (χ0n) is 9.79. The molecule has 98 valence electrons.